The molecular weight excluding hydrogens is 250 g/mol. The second kappa shape index (κ2) is 5.90. The molecule has 1 heterocycles. The molecule has 0 spiro atoms. The van der Waals surface area contributed by atoms with Gasteiger partial charge in [0.25, 0.3) is 0 Å². The fraction of sp³-hybridized carbons (Fsp3) is 0.375. The molecule has 0 fully saturated rings. The van der Waals surface area contributed by atoms with E-state index in [1.807, 2.05) is 31.5 Å². The summed E-state index contributed by atoms with van der Waals surface area (Å²) in [5.74, 6) is 0.0694. The van der Waals surface area contributed by atoms with E-state index in [1.165, 1.54) is 5.56 Å². The first-order valence-electron chi connectivity index (χ1n) is 6.77. The molecule has 0 aliphatic heterocycles. The lowest BCUT2D eigenvalue weighted by atomic mass is 9.95. The first-order chi connectivity index (χ1) is 9.45. The number of imidazole rings is 1. The number of hydrogen-bond donors (Lipinski definition) is 1. The Kier molecular flexibility index (Phi) is 4.23. The van der Waals surface area contributed by atoms with Gasteiger partial charge in [0.15, 0.2) is 0 Å². The van der Waals surface area contributed by atoms with Crippen LogP contribution in [0, 0.1) is 5.41 Å². The van der Waals surface area contributed by atoms with Gasteiger partial charge in [0, 0.05) is 30.9 Å². The van der Waals surface area contributed by atoms with Crippen LogP contribution < -0.4 is 5.32 Å². The molecule has 0 unspecified atom stereocenters. The van der Waals surface area contributed by atoms with Crippen LogP contribution in [-0.2, 0) is 17.9 Å². The van der Waals surface area contributed by atoms with Gasteiger partial charge in [-0.15, -0.1) is 0 Å². The minimum Gasteiger partial charge on any atom is -0.352 e. The van der Waals surface area contributed by atoms with Crippen molar-refractivity contribution in [2.45, 2.75) is 33.9 Å². The van der Waals surface area contributed by atoms with Gasteiger partial charge in [0.05, 0.1) is 6.33 Å². The number of nitrogens with one attached hydrogen (secondary N) is 1. The number of carbonyl (C=O) groups excluding carboxylic acids is 1. The van der Waals surface area contributed by atoms with Crippen molar-refractivity contribution in [1.29, 1.82) is 0 Å². The minimum absolute atomic E-state index is 0.0694. The lowest BCUT2D eigenvalue weighted by molar-refractivity contribution is -0.128. The average molecular weight is 271 g/mol. The van der Waals surface area contributed by atoms with Crippen LogP contribution in [-0.4, -0.2) is 15.5 Å². The minimum atomic E-state index is -0.346. The molecule has 2 aromatic rings. The zero-order valence-electron chi connectivity index (χ0n) is 12.3. The van der Waals surface area contributed by atoms with Gasteiger partial charge in [0.1, 0.15) is 0 Å². The van der Waals surface area contributed by atoms with Crippen LogP contribution in [0.15, 0.2) is 43.0 Å². The number of rotatable bonds is 4. The standard InChI is InChI=1S/C16H21N3O/c1-16(2,3)15(20)18-10-13-4-6-14(7-5-13)11-19-9-8-17-12-19/h4-9,12H,10-11H2,1-3H3,(H,18,20). The summed E-state index contributed by atoms with van der Waals surface area (Å²) in [5, 5.41) is 2.95. The van der Waals surface area contributed by atoms with Crippen LogP contribution in [0.25, 0.3) is 0 Å². The second-order valence-electron chi connectivity index (χ2n) is 5.98. The van der Waals surface area contributed by atoms with Crippen molar-refractivity contribution < 1.29 is 4.79 Å². The summed E-state index contributed by atoms with van der Waals surface area (Å²) in [4.78, 5) is 15.8. The summed E-state index contributed by atoms with van der Waals surface area (Å²) in [6.45, 7) is 7.12. The van der Waals surface area contributed by atoms with E-state index in [0.29, 0.717) is 6.54 Å². The maximum atomic E-state index is 11.8. The molecule has 4 nitrogen and oxygen atoms in total. The van der Waals surface area contributed by atoms with E-state index in [1.54, 1.807) is 12.5 Å². The monoisotopic (exact) mass is 271 g/mol. The van der Waals surface area contributed by atoms with Crippen molar-refractivity contribution in [3.63, 3.8) is 0 Å². The highest BCUT2D eigenvalue weighted by Gasteiger charge is 2.20. The van der Waals surface area contributed by atoms with Crippen molar-refractivity contribution in [1.82, 2.24) is 14.9 Å². The van der Waals surface area contributed by atoms with Crippen molar-refractivity contribution in [2.24, 2.45) is 5.41 Å². The number of nitrogens with zero attached hydrogens (tertiary/aromatic N) is 2. The highest BCUT2D eigenvalue weighted by atomic mass is 16.2. The fourth-order valence-electron chi connectivity index (χ4n) is 1.80. The molecule has 2 rings (SSSR count). The van der Waals surface area contributed by atoms with E-state index in [2.05, 4.69) is 34.6 Å². The molecule has 0 aliphatic carbocycles. The first kappa shape index (κ1) is 14.3. The van der Waals surface area contributed by atoms with Crippen LogP contribution in [0.3, 0.4) is 0 Å². The molecular formula is C16H21N3O. The summed E-state index contributed by atoms with van der Waals surface area (Å²) in [6, 6.07) is 8.27. The fourth-order valence-corrected chi connectivity index (χ4v) is 1.80. The summed E-state index contributed by atoms with van der Waals surface area (Å²) >= 11 is 0. The molecule has 0 saturated heterocycles. The van der Waals surface area contributed by atoms with Crippen LogP contribution in [0.4, 0.5) is 0 Å². The Hall–Kier alpha value is -2.10. The first-order valence-corrected chi connectivity index (χ1v) is 6.77. The molecule has 0 bridgehead atoms. The summed E-state index contributed by atoms with van der Waals surface area (Å²) in [5.41, 5.74) is 1.98. The Balaban J connectivity index is 1.90. The molecule has 1 aromatic carbocycles. The molecule has 0 radical (unpaired) electrons. The third-order valence-electron chi connectivity index (χ3n) is 3.08. The molecule has 0 aliphatic rings. The smallest absolute Gasteiger partial charge is 0.225 e. The Labute approximate surface area is 119 Å². The maximum Gasteiger partial charge on any atom is 0.225 e. The Morgan fingerprint density at radius 2 is 1.85 bits per heavy atom. The van der Waals surface area contributed by atoms with Gasteiger partial charge in [-0.1, -0.05) is 45.0 Å². The highest BCUT2D eigenvalue weighted by Crippen LogP contribution is 2.13. The zero-order chi connectivity index (χ0) is 14.6. The van der Waals surface area contributed by atoms with E-state index in [0.717, 1.165) is 12.1 Å². The van der Waals surface area contributed by atoms with Crippen LogP contribution >= 0.6 is 0 Å². The molecule has 1 aromatic heterocycles. The molecule has 0 saturated carbocycles. The second-order valence-corrected chi connectivity index (χ2v) is 5.98. The Bertz CT molecular complexity index is 550. The number of carbonyl (C=O) groups is 1. The van der Waals surface area contributed by atoms with E-state index < -0.39 is 0 Å². The third-order valence-corrected chi connectivity index (χ3v) is 3.08. The van der Waals surface area contributed by atoms with E-state index in [4.69, 9.17) is 0 Å². The molecule has 1 N–H and O–H groups in total. The van der Waals surface area contributed by atoms with Gasteiger partial charge in [0.2, 0.25) is 5.91 Å². The number of benzene rings is 1. The topological polar surface area (TPSA) is 46.9 Å². The largest absolute Gasteiger partial charge is 0.352 e. The Morgan fingerprint density at radius 3 is 2.40 bits per heavy atom. The average Bonchev–Trinajstić information content (AvgIpc) is 2.89. The lowest BCUT2D eigenvalue weighted by Gasteiger charge is -2.17. The molecule has 4 heteroatoms. The van der Waals surface area contributed by atoms with Gasteiger partial charge in [-0.05, 0) is 11.1 Å². The van der Waals surface area contributed by atoms with Crippen molar-refractivity contribution >= 4 is 5.91 Å². The number of amides is 1. The van der Waals surface area contributed by atoms with E-state index in [9.17, 15) is 4.79 Å². The molecule has 20 heavy (non-hydrogen) atoms. The molecule has 1 amide bonds. The summed E-state index contributed by atoms with van der Waals surface area (Å²) in [6.07, 6.45) is 5.52. The zero-order valence-corrected chi connectivity index (χ0v) is 12.3. The van der Waals surface area contributed by atoms with Crippen LogP contribution in [0.1, 0.15) is 31.9 Å². The van der Waals surface area contributed by atoms with E-state index >= 15 is 0 Å². The van der Waals surface area contributed by atoms with Crippen LogP contribution in [0.2, 0.25) is 0 Å². The summed E-state index contributed by atoms with van der Waals surface area (Å²) < 4.78 is 2.02. The lowest BCUT2D eigenvalue weighted by Crippen LogP contribution is -2.34. The molecule has 0 atom stereocenters. The normalized spacial score (nSPS) is 11.3. The predicted molar refractivity (Wildman–Crippen MR) is 79.1 cm³/mol. The Morgan fingerprint density at radius 1 is 1.20 bits per heavy atom. The van der Waals surface area contributed by atoms with Gasteiger partial charge < -0.3 is 9.88 Å². The van der Waals surface area contributed by atoms with Crippen molar-refractivity contribution in [3.8, 4) is 0 Å². The van der Waals surface area contributed by atoms with Gasteiger partial charge in [-0.3, -0.25) is 4.79 Å². The predicted octanol–water partition coefficient (Wildman–Crippen LogP) is 2.59. The third kappa shape index (κ3) is 3.95. The highest BCUT2D eigenvalue weighted by molar-refractivity contribution is 5.81. The maximum absolute atomic E-state index is 11.8. The summed E-state index contributed by atoms with van der Waals surface area (Å²) in [7, 11) is 0. The van der Waals surface area contributed by atoms with E-state index in [-0.39, 0.29) is 11.3 Å². The number of hydrogen-bond acceptors (Lipinski definition) is 2. The molecule has 106 valence electrons. The number of aromatic nitrogens is 2. The van der Waals surface area contributed by atoms with Crippen molar-refractivity contribution in [3.05, 3.63) is 54.1 Å². The SMILES string of the molecule is CC(C)(C)C(=O)NCc1ccc(Cn2ccnc2)cc1. The van der Waals surface area contributed by atoms with Crippen LogP contribution in [0.5, 0.6) is 0 Å². The van der Waals surface area contributed by atoms with Gasteiger partial charge in [-0.25, -0.2) is 4.98 Å². The van der Waals surface area contributed by atoms with Gasteiger partial charge in [-0.2, -0.15) is 0 Å². The van der Waals surface area contributed by atoms with Crippen molar-refractivity contribution in [2.75, 3.05) is 0 Å². The van der Waals surface area contributed by atoms with Gasteiger partial charge >= 0.3 is 0 Å². The quantitative estimate of drug-likeness (QED) is 0.929.